The third-order valence-corrected chi connectivity index (χ3v) is 4.70. The lowest BCUT2D eigenvalue weighted by Crippen LogP contribution is -2.41. The van der Waals surface area contributed by atoms with Gasteiger partial charge >= 0.3 is 0 Å². The Morgan fingerprint density at radius 2 is 1.81 bits per heavy atom. The van der Waals surface area contributed by atoms with Crippen molar-refractivity contribution in [3.63, 3.8) is 0 Å². The molecule has 0 radical (unpaired) electrons. The normalized spacial score (nSPS) is 16.7. The van der Waals surface area contributed by atoms with Crippen molar-refractivity contribution in [2.24, 2.45) is 5.92 Å². The Kier molecular flexibility index (Phi) is 5.78. The number of benzene rings is 1. The molecule has 7 heteroatoms. The molecule has 1 aromatic heterocycles. The molecule has 7 nitrogen and oxygen atoms in total. The van der Waals surface area contributed by atoms with Crippen LogP contribution >= 0.6 is 0 Å². The minimum Gasteiger partial charge on any atom is -0.493 e. The van der Waals surface area contributed by atoms with Crippen molar-refractivity contribution in [2.75, 3.05) is 37.5 Å². The molecule has 0 bridgehead atoms. The lowest BCUT2D eigenvalue weighted by molar-refractivity contribution is -0.120. The molecule has 1 unspecified atom stereocenters. The lowest BCUT2D eigenvalue weighted by Gasteiger charge is -2.32. The van der Waals surface area contributed by atoms with Gasteiger partial charge in [-0.25, -0.2) is 9.97 Å². The summed E-state index contributed by atoms with van der Waals surface area (Å²) < 4.78 is 10.5. The summed E-state index contributed by atoms with van der Waals surface area (Å²) in [5, 5.41) is 2.99. The van der Waals surface area contributed by atoms with Crippen molar-refractivity contribution in [2.45, 2.75) is 26.7 Å². The summed E-state index contributed by atoms with van der Waals surface area (Å²) in [5.74, 6) is 1.80. The molecule has 3 rings (SSSR count). The van der Waals surface area contributed by atoms with E-state index in [0.29, 0.717) is 29.7 Å². The SMILES string of the molecule is COc1ccc(NC(=O)C2CCCN(c3nc(C)cc(C)n3)C2)cc1OC. The van der Waals surface area contributed by atoms with Gasteiger partial charge in [-0.2, -0.15) is 0 Å². The van der Waals surface area contributed by atoms with E-state index in [9.17, 15) is 4.79 Å². The van der Waals surface area contributed by atoms with Crippen LogP contribution in [0.15, 0.2) is 24.3 Å². The second kappa shape index (κ2) is 8.24. The predicted octanol–water partition coefficient (Wildman–Crippen LogP) is 2.97. The number of aryl methyl sites for hydroxylation is 2. The average molecular weight is 370 g/mol. The summed E-state index contributed by atoms with van der Waals surface area (Å²) in [5.41, 5.74) is 2.57. The van der Waals surface area contributed by atoms with E-state index < -0.39 is 0 Å². The fraction of sp³-hybridized carbons (Fsp3) is 0.450. The molecule has 27 heavy (non-hydrogen) atoms. The molecule has 1 amide bonds. The standard InChI is InChI=1S/C20H26N4O3/c1-13-10-14(2)22-20(21-13)24-9-5-6-15(12-24)19(25)23-16-7-8-17(26-3)18(11-16)27-4/h7-8,10-11,15H,5-6,9,12H2,1-4H3,(H,23,25). The second-order valence-corrected chi connectivity index (χ2v) is 6.79. The second-order valence-electron chi connectivity index (χ2n) is 6.79. The van der Waals surface area contributed by atoms with Crippen molar-refractivity contribution >= 4 is 17.5 Å². The number of hydrogen-bond donors (Lipinski definition) is 1. The van der Waals surface area contributed by atoms with Crippen LogP contribution in [0.2, 0.25) is 0 Å². The minimum atomic E-state index is -0.115. The Bertz CT molecular complexity index is 805. The van der Waals surface area contributed by atoms with Gasteiger partial charge in [-0.15, -0.1) is 0 Å². The van der Waals surface area contributed by atoms with Crippen LogP contribution in [0.5, 0.6) is 11.5 Å². The summed E-state index contributed by atoms with van der Waals surface area (Å²) in [7, 11) is 3.16. The number of hydrogen-bond acceptors (Lipinski definition) is 6. The summed E-state index contributed by atoms with van der Waals surface area (Å²) in [6.07, 6.45) is 1.78. The first-order valence-electron chi connectivity index (χ1n) is 9.10. The number of aromatic nitrogens is 2. The predicted molar refractivity (Wildman–Crippen MR) is 105 cm³/mol. The van der Waals surface area contributed by atoms with Crippen molar-refractivity contribution in [3.8, 4) is 11.5 Å². The van der Waals surface area contributed by atoms with Crippen molar-refractivity contribution in [1.82, 2.24) is 9.97 Å². The number of anilines is 2. The molecular weight excluding hydrogens is 344 g/mol. The summed E-state index contributed by atoms with van der Waals surface area (Å²) >= 11 is 0. The number of amides is 1. The maximum atomic E-state index is 12.8. The van der Waals surface area contributed by atoms with Crippen LogP contribution in [0.25, 0.3) is 0 Å². The van der Waals surface area contributed by atoms with Gasteiger partial charge in [0.15, 0.2) is 11.5 Å². The molecule has 1 aliphatic heterocycles. The summed E-state index contributed by atoms with van der Waals surface area (Å²) in [4.78, 5) is 23.9. The van der Waals surface area contributed by atoms with E-state index in [0.717, 1.165) is 30.8 Å². The number of carbonyl (C=O) groups excluding carboxylic acids is 1. The van der Waals surface area contributed by atoms with Gasteiger partial charge in [0.25, 0.3) is 0 Å². The Hall–Kier alpha value is -2.83. The number of nitrogens with zero attached hydrogens (tertiary/aromatic N) is 3. The van der Waals surface area contributed by atoms with E-state index in [1.807, 2.05) is 26.0 Å². The molecule has 144 valence electrons. The zero-order valence-electron chi connectivity index (χ0n) is 16.3. The van der Waals surface area contributed by atoms with Gasteiger partial charge in [-0.05, 0) is 44.9 Å². The lowest BCUT2D eigenvalue weighted by atomic mass is 9.97. The minimum absolute atomic E-state index is 0.00343. The number of carbonyl (C=O) groups is 1. The fourth-order valence-corrected chi connectivity index (χ4v) is 3.38. The van der Waals surface area contributed by atoms with Gasteiger partial charge in [0.05, 0.1) is 20.1 Å². The van der Waals surface area contributed by atoms with E-state index in [-0.39, 0.29) is 11.8 Å². The molecule has 1 aliphatic rings. The van der Waals surface area contributed by atoms with Crippen LogP contribution in [-0.4, -0.2) is 43.2 Å². The van der Waals surface area contributed by atoms with Crippen LogP contribution in [0.4, 0.5) is 11.6 Å². The number of nitrogens with one attached hydrogen (secondary N) is 1. The van der Waals surface area contributed by atoms with E-state index in [1.54, 1.807) is 26.4 Å². The quantitative estimate of drug-likeness (QED) is 0.872. The van der Waals surface area contributed by atoms with Gasteiger partial charge in [-0.1, -0.05) is 0 Å². The van der Waals surface area contributed by atoms with E-state index in [2.05, 4.69) is 20.2 Å². The zero-order chi connectivity index (χ0) is 19.4. The molecule has 1 fully saturated rings. The first-order chi connectivity index (χ1) is 13.0. The highest BCUT2D eigenvalue weighted by molar-refractivity contribution is 5.93. The average Bonchev–Trinajstić information content (AvgIpc) is 2.67. The van der Waals surface area contributed by atoms with Gasteiger partial charge in [0, 0.05) is 36.2 Å². The molecule has 2 aromatic rings. The Morgan fingerprint density at radius 1 is 1.11 bits per heavy atom. The topological polar surface area (TPSA) is 76.6 Å². The number of piperidine rings is 1. The molecular formula is C20H26N4O3. The maximum Gasteiger partial charge on any atom is 0.229 e. The molecule has 1 N–H and O–H groups in total. The molecule has 0 aliphatic carbocycles. The number of rotatable bonds is 5. The van der Waals surface area contributed by atoms with E-state index in [1.165, 1.54) is 0 Å². The highest BCUT2D eigenvalue weighted by Gasteiger charge is 2.27. The van der Waals surface area contributed by atoms with Crippen LogP contribution in [-0.2, 0) is 4.79 Å². The smallest absolute Gasteiger partial charge is 0.229 e. The fourth-order valence-electron chi connectivity index (χ4n) is 3.38. The van der Waals surface area contributed by atoms with Gasteiger partial charge in [-0.3, -0.25) is 4.79 Å². The van der Waals surface area contributed by atoms with Gasteiger partial charge < -0.3 is 19.7 Å². The van der Waals surface area contributed by atoms with Crippen LogP contribution in [0, 0.1) is 19.8 Å². The Labute approximate surface area is 159 Å². The zero-order valence-corrected chi connectivity index (χ0v) is 16.3. The molecule has 0 saturated carbocycles. The third kappa shape index (κ3) is 4.48. The number of ether oxygens (including phenoxy) is 2. The van der Waals surface area contributed by atoms with Crippen LogP contribution in [0.1, 0.15) is 24.2 Å². The van der Waals surface area contributed by atoms with Crippen LogP contribution in [0.3, 0.4) is 0 Å². The highest BCUT2D eigenvalue weighted by atomic mass is 16.5. The molecule has 0 spiro atoms. The number of methoxy groups -OCH3 is 2. The third-order valence-electron chi connectivity index (χ3n) is 4.70. The van der Waals surface area contributed by atoms with Gasteiger partial charge in [0.2, 0.25) is 11.9 Å². The van der Waals surface area contributed by atoms with Crippen LogP contribution < -0.4 is 19.7 Å². The highest BCUT2D eigenvalue weighted by Crippen LogP contribution is 2.30. The van der Waals surface area contributed by atoms with E-state index >= 15 is 0 Å². The summed E-state index contributed by atoms with van der Waals surface area (Å²) in [6.45, 7) is 5.40. The largest absolute Gasteiger partial charge is 0.493 e. The maximum absolute atomic E-state index is 12.8. The van der Waals surface area contributed by atoms with Crippen molar-refractivity contribution < 1.29 is 14.3 Å². The van der Waals surface area contributed by atoms with Gasteiger partial charge in [0.1, 0.15) is 0 Å². The molecule has 1 aromatic carbocycles. The Morgan fingerprint density at radius 3 is 2.48 bits per heavy atom. The van der Waals surface area contributed by atoms with Crippen molar-refractivity contribution in [1.29, 1.82) is 0 Å². The molecule has 1 saturated heterocycles. The first-order valence-corrected chi connectivity index (χ1v) is 9.10. The monoisotopic (exact) mass is 370 g/mol. The molecule has 2 heterocycles. The van der Waals surface area contributed by atoms with Crippen molar-refractivity contribution in [3.05, 3.63) is 35.7 Å². The molecule has 1 atom stereocenters. The first kappa shape index (κ1) is 18.9. The summed E-state index contributed by atoms with van der Waals surface area (Å²) in [6, 6.07) is 7.32. The Balaban J connectivity index is 1.70. The van der Waals surface area contributed by atoms with E-state index in [4.69, 9.17) is 9.47 Å².